The normalized spacial score (nSPS) is 14.6. The molecule has 2 aliphatic heterocycles. The molecule has 1 fully saturated rings. The summed E-state index contributed by atoms with van der Waals surface area (Å²) in [5.74, 6) is -0.501. The van der Waals surface area contributed by atoms with Crippen molar-refractivity contribution >= 4 is 35.0 Å². The average molecular weight is 422 g/mol. The topological polar surface area (TPSA) is 108 Å². The minimum atomic E-state index is -0.406. The Morgan fingerprint density at radius 1 is 1.10 bits per heavy atom. The molecule has 2 aromatic carbocycles. The van der Waals surface area contributed by atoms with Crippen molar-refractivity contribution in [2.75, 3.05) is 26.2 Å². The van der Waals surface area contributed by atoms with Crippen LogP contribution in [0.3, 0.4) is 0 Å². The number of fused-ring (bicyclic) bond motifs is 4. The number of nitrogens with zero attached hydrogens (tertiary/aromatic N) is 4. The number of piperazine rings is 1. The number of carbonyl (C=O) groups excluding carboxylic acids is 2. The largest absolute Gasteiger partial charge is 0.336 e. The fraction of sp³-hybridized carbons (Fsp3) is 0.190. The van der Waals surface area contributed by atoms with E-state index < -0.39 is 11.3 Å². The first-order valence-corrected chi connectivity index (χ1v) is 9.24. The zero-order chi connectivity index (χ0) is 20.1. The lowest BCUT2D eigenvalue weighted by molar-refractivity contribution is 0.0736. The molecule has 0 unspecified atom stereocenters. The van der Waals surface area contributed by atoms with Gasteiger partial charge >= 0.3 is 0 Å². The van der Waals surface area contributed by atoms with Gasteiger partial charge in [0.25, 0.3) is 11.5 Å². The molecule has 5 rings (SSSR count). The minimum Gasteiger partial charge on any atom is -0.336 e. The van der Waals surface area contributed by atoms with E-state index in [0.29, 0.717) is 35.4 Å². The van der Waals surface area contributed by atoms with Gasteiger partial charge in [0.15, 0.2) is 5.82 Å². The van der Waals surface area contributed by atoms with Crippen molar-refractivity contribution in [2.24, 2.45) is 0 Å². The first-order chi connectivity index (χ1) is 14.1. The number of rotatable bonds is 1. The zero-order valence-corrected chi connectivity index (χ0v) is 16.5. The molecule has 0 radical (unpaired) electrons. The number of carbonyl (C=O) groups is 2. The van der Waals surface area contributed by atoms with Gasteiger partial charge < -0.3 is 10.2 Å². The Bertz CT molecular complexity index is 1320. The Balaban J connectivity index is 0.00000218. The number of ketones is 1. The maximum atomic E-state index is 13.2. The van der Waals surface area contributed by atoms with Gasteiger partial charge in [0.2, 0.25) is 5.78 Å². The minimum absolute atomic E-state index is 0. The molecule has 0 spiro atoms. The average Bonchev–Trinajstić information content (AvgIpc) is 3.05. The molecule has 3 heterocycles. The van der Waals surface area contributed by atoms with E-state index in [1.807, 2.05) is 6.07 Å². The number of hydrogen-bond acceptors (Lipinski definition) is 6. The fourth-order valence-electron chi connectivity index (χ4n) is 3.85. The third-order valence-electron chi connectivity index (χ3n) is 5.33. The molecule has 0 atom stereocenters. The molecule has 1 amide bonds. The second-order valence-electron chi connectivity index (χ2n) is 7.02. The maximum absolute atomic E-state index is 13.2. The van der Waals surface area contributed by atoms with E-state index in [1.54, 1.807) is 35.2 Å². The highest BCUT2D eigenvalue weighted by molar-refractivity contribution is 6.13. The van der Waals surface area contributed by atoms with E-state index in [4.69, 9.17) is 5.26 Å². The summed E-state index contributed by atoms with van der Waals surface area (Å²) in [6.07, 6.45) is 0. The van der Waals surface area contributed by atoms with E-state index in [9.17, 15) is 14.4 Å². The molecule has 1 aromatic heterocycles. The van der Waals surface area contributed by atoms with Crippen LogP contribution < -0.4 is 10.9 Å². The predicted octanol–water partition coefficient (Wildman–Crippen LogP) is 1.27. The molecule has 3 aromatic rings. The predicted molar refractivity (Wildman–Crippen MR) is 112 cm³/mol. The monoisotopic (exact) mass is 421 g/mol. The lowest BCUT2D eigenvalue weighted by atomic mass is 10.1. The highest BCUT2D eigenvalue weighted by atomic mass is 35.5. The highest BCUT2D eigenvalue weighted by Crippen LogP contribution is 2.27. The van der Waals surface area contributed by atoms with Crippen molar-refractivity contribution in [3.8, 4) is 11.8 Å². The summed E-state index contributed by atoms with van der Waals surface area (Å²) in [5, 5.41) is 12.6. The van der Waals surface area contributed by atoms with Gasteiger partial charge in [-0.15, -0.1) is 12.4 Å². The fourth-order valence-corrected chi connectivity index (χ4v) is 3.85. The van der Waals surface area contributed by atoms with E-state index in [0.717, 1.165) is 13.1 Å². The van der Waals surface area contributed by atoms with Crippen LogP contribution in [0.15, 0.2) is 41.2 Å². The van der Waals surface area contributed by atoms with Gasteiger partial charge in [-0.2, -0.15) is 5.26 Å². The molecule has 150 valence electrons. The molecule has 8 nitrogen and oxygen atoms in total. The van der Waals surface area contributed by atoms with Crippen molar-refractivity contribution in [3.05, 3.63) is 69.3 Å². The van der Waals surface area contributed by atoms with Crippen LogP contribution in [-0.4, -0.2) is 52.3 Å². The van der Waals surface area contributed by atoms with E-state index in [2.05, 4.69) is 10.3 Å². The molecule has 0 bridgehead atoms. The van der Waals surface area contributed by atoms with Crippen LogP contribution in [-0.2, 0) is 0 Å². The van der Waals surface area contributed by atoms with Crippen molar-refractivity contribution in [1.82, 2.24) is 19.8 Å². The van der Waals surface area contributed by atoms with Gasteiger partial charge in [0.05, 0.1) is 33.8 Å². The molecule has 1 N–H and O–H groups in total. The number of amides is 1. The summed E-state index contributed by atoms with van der Waals surface area (Å²) in [4.78, 5) is 44.9. The number of hydrogen-bond donors (Lipinski definition) is 1. The van der Waals surface area contributed by atoms with E-state index >= 15 is 0 Å². The van der Waals surface area contributed by atoms with Crippen molar-refractivity contribution in [1.29, 1.82) is 5.26 Å². The second-order valence-corrected chi connectivity index (χ2v) is 7.02. The summed E-state index contributed by atoms with van der Waals surface area (Å²) in [6, 6.07) is 11.4. The standard InChI is InChI=1S/C21H15N5O3.ClH/c22-11-12-1-4-17-15(9-12)18(27)19-24-16-3-2-13(10-14(16)21(29)26(17)19)20(28)25-7-5-23-6-8-25;/h1-4,9-10,23H,5-8H2;1H. The summed E-state index contributed by atoms with van der Waals surface area (Å²) in [5.41, 5.74) is 1.40. The SMILES string of the molecule is Cl.N#Cc1ccc2c(c1)C(=O)c1nc3ccc(C(=O)N4CCNCC4)cc3c(=O)n1-2. The molecule has 9 heteroatoms. The summed E-state index contributed by atoms with van der Waals surface area (Å²) in [7, 11) is 0. The zero-order valence-electron chi connectivity index (χ0n) is 15.7. The Kier molecular flexibility index (Phi) is 4.86. The lowest BCUT2D eigenvalue weighted by Crippen LogP contribution is -2.46. The van der Waals surface area contributed by atoms with Crippen LogP contribution in [0, 0.1) is 11.3 Å². The van der Waals surface area contributed by atoms with Crippen molar-refractivity contribution < 1.29 is 9.59 Å². The lowest BCUT2D eigenvalue weighted by Gasteiger charge is -2.27. The molecule has 0 aliphatic carbocycles. The maximum Gasteiger partial charge on any atom is 0.266 e. The molecular formula is C21H16ClN5O3. The summed E-state index contributed by atoms with van der Waals surface area (Å²) >= 11 is 0. The van der Waals surface area contributed by atoms with Crippen LogP contribution in [0.25, 0.3) is 16.6 Å². The number of aromatic nitrogens is 2. The van der Waals surface area contributed by atoms with E-state index in [-0.39, 0.29) is 35.1 Å². The van der Waals surface area contributed by atoms with Crippen LogP contribution >= 0.6 is 12.4 Å². The summed E-state index contributed by atoms with van der Waals surface area (Å²) in [6.45, 7) is 2.70. The van der Waals surface area contributed by atoms with Crippen molar-refractivity contribution in [3.63, 3.8) is 0 Å². The van der Waals surface area contributed by atoms with Crippen LogP contribution in [0.4, 0.5) is 0 Å². The highest BCUT2D eigenvalue weighted by Gasteiger charge is 2.31. The number of halogens is 1. The Morgan fingerprint density at radius 3 is 2.60 bits per heavy atom. The van der Waals surface area contributed by atoms with Crippen LogP contribution in [0.1, 0.15) is 32.1 Å². The van der Waals surface area contributed by atoms with Crippen molar-refractivity contribution in [2.45, 2.75) is 0 Å². The molecular weight excluding hydrogens is 406 g/mol. The number of nitriles is 1. The van der Waals surface area contributed by atoms with Gasteiger partial charge in [0.1, 0.15) is 0 Å². The number of nitrogens with one attached hydrogen (secondary N) is 1. The third-order valence-corrected chi connectivity index (χ3v) is 5.33. The van der Waals surface area contributed by atoms with Crippen LogP contribution in [0.5, 0.6) is 0 Å². The molecule has 0 saturated carbocycles. The molecule has 30 heavy (non-hydrogen) atoms. The molecule has 1 saturated heterocycles. The van der Waals surface area contributed by atoms with Gasteiger partial charge in [-0.05, 0) is 36.4 Å². The number of benzene rings is 2. The Hall–Kier alpha value is -3.54. The third kappa shape index (κ3) is 2.87. The first kappa shape index (κ1) is 19.8. The van der Waals surface area contributed by atoms with Gasteiger partial charge in [0, 0.05) is 31.7 Å². The smallest absolute Gasteiger partial charge is 0.266 e. The van der Waals surface area contributed by atoms with Gasteiger partial charge in [-0.1, -0.05) is 0 Å². The Morgan fingerprint density at radius 2 is 1.87 bits per heavy atom. The quantitative estimate of drug-likeness (QED) is 0.496. The Labute approximate surface area is 177 Å². The van der Waals surface area contributed by atoms with Crippen LogP contribution in [0.2, 0.25) is 0 Å². The summed E-state index contributed by atoms with van der Waals surface area (Å²) < 4.78 is 1.26. The first-order valence-electron chi connectivity index (χ1n) is 9.24. The second kappa shape index (κ2) is 7.37. The van der Waals surface area contributed by atoms with Gasteiger partial charge in [-0.25, -0.2) is 4.98 Å². The molecule has 2 aliphatic rings. The van der Waals surface area contributed by atoms with Gasteiger partial charge in [-0.3, -0.25) is 19.0 Å². The van der Waals surface area contributed by atoms with E-state index in [1.165, 1.54) is 10.6 Å².